The highest BCUT2D eigenvalue weighted by Gasteiger charge is 2.08. The Morgan fingerprint density at radius 1 is 1.33 bits per heavy atom. The molecular weight excluding hydrogens is 248 g/mol. The summed E-state index contributed by atoms with van der Waals surface area (Å²) in [5.41, 5.74) is 1.24. The number of rotatable bonds is 5. The first kappa shape index (κ1) is 12.8. The molecule has 0 atom stereocenters. The summed E-state index contributed by atoms with van der Waals surface area (Å²) in [5.74, 6) is 1.68. The number of hydrogen-bond acceptors (Lipinski definition) is 5. The SMILES string of the molecule is CC(=O)Cc1nc(CSc2ccc(C)cc2)no1. The molecule has 0 saturated carbocycles. The van der Waals surface area contributed by atoms with Crippen LogP contribution in [0.25, 0.3) is 0 Å². The number of aryl methyl sites for hydroxylation is 1. The smallest absolute Gasteiger partial charge is 0.234 e. The van der Waals surface area contributed by atoms with Crippen molar-refractivity contribution in [3.05, 3.63) is 41.5 Å². The lowest BCUT2D eigenvalue weighted by atomic mass is 10.2. The Balaban J connectivity index is 1.92. The average Bonchev–Trinajstić information content (AvgIpc) is 2.75. The van der Waals surface area contributed by atoms with Crippen molar-refractivity contribution in [1.29, 1.82) is 0 Å². The van der Waals surface area contributed by atoms with E-state index >= 15 is 0 Å². The molecule has 0 unspecified atom stereocenters. The summed E-state index contributed by atoms with van der Waals surface area (Å²) < 4.78 is 4.99. The van der Waals surface area contributed by atoms with Crippen LogP contribution in [0.2, 0.25) is 0 Å². The molecule has 2 rings (SSSR count). The fourth-order valence-electron chi connectivity index (χ4n) is 1.42. The molecule has 0 bridgehead atoms. The Kier molecular flexibility index (Phi) is 4.15. The van der Waals surface area contributed by atoms with Gasteiger partial charge in [-0.15, -0.1) is 11.8 Å². The van der Waals surface area contributed by atoms with E-state index in [1.165, 1.54) is 17.4 Å². The van der Waals surface area contributed by atoms with Crippen LogP contribution < -0.4 is 0 Å². The van der Waals surface area contributed by atoms with Gasteiger partial charge in [-0.3, -0.25) is 4.79 Å². The van der Waals surface area contributed by atoms with E-state index in [1.54, 1.807) is 11.8 Å². The lowest BCUT2D eigenvalue weighted by molar-refractivity contribution is -0.116. The van der Waals surface area contributed by atoms with Crippen LogP contribution in [0.4, 0.5) is 0 Å². The molecule has 0 aliphatic heterocycles. The van der Waals surface area contributed by atoms with Gasteiger partial charge in [0.2, 0.25) is 5.89 Å². The number of nitrogens with zero attached hydrogens (tertiary/aromatic N) is 2. The van der Waals surface area contributed by atoms with Gasteiger partial charge in [-0.05, 0) is 26.0 Å². The second-order valence-electron chi connectivity index (χ2n) is 4.08. The first-order valence-electron chi connectivity index (χ1n) is 5.64. The highest BCUT2D eigenvalue weighted by Crippen LogP contribution is 2.21. The monoisotopic (exact) mass is 262 g/mol. The summed E-state index contributed by atoms with van der Waals surface area (Å²) in [4.78, 5) is 16.2. The second-order valence-corrected chi connectivity index (χ2v) is 5.13. The van der Waals surface area contributed by atoms with E-state index in [-0.39, 0.29) is 12.2 Å². The van der Waals surface area contributed by atoms with Gasteiger partial charge < -0.3 is 4.52 Å². The maximum absolute atomic E-state index is 10.9. The van der Waals surface area contributed by atoms with E-state index < -0.39 is 0 Å². The molecule has 1 aromatic heterocycles. The number of carbonyl (C=O) groups excluding carboxylic acids is 1. The summed E-state index contributed by atoms with van der Waals surface area (Å²) in [7, 11) is 0. The molecule has 5 heteroatoms. The van der Waals surface area contributed by atoms with E-state index in [0.29, 0.717) is 17.5 Å². The summed E-state index contributed by atoms with van der Waals surface area (Å²) in [6.45, 7) is 3.56. The minimum Gasteiger partial charge on any atom is -0.339 e. The average molecular weight is 262 g/mol. The Hall–Kier alpha value is -1.62. The zero-order chi connectivity index (χ0) is 13.0. The van der Waals surface area contributed by atoms with Gasteiger partial charge in [0.25, 0.3) is 0 Å². The van der Waals surface area contributed by atoms with Crippen molar-refractivity contribution in [1.82, 2.24) is 10.1 Å². The molecule has 1 aromatic carbocycles. The maximum atomic E-state index is 10.9. The number of ketones is 1. The Morgan fingerprint density at radius 2 is 2.06 bits per heavy atom. The molecule has 0 N–H and O–H groups in total. The Morgan fingerprint density at radius 3 is 2.72 bits per heavy atom. The minimum atomic E-state index is 0.0244. The fourth-order valence-corrected chi connectivity index (χ4v) is 2.16. The first-order valence-corrected chi connectivity index (χ1v) is 6.62. The second kappa shape index (κ2) is 5.82. The zero-order valence-corrected chi connectivity index (χ0v) is 11.2. The van der Waals surface area contributed by atoms with Crippen LogP contribution in [0.3, 0.4) is 0 Å². The predicted octanol–water partition coefficient (Wildman–Crippen LogP) is 2.80. The Bertz CT molecular complexity index is 534. The molecule has 4 nitrogen and oxygen atoms in total. The summed E-state index contributed by atoms with van der Waals surface area (Å²) >= 11 is 1.64. The standard InChI is InChI=1S/C13H14N2O2S/c1-9-3-5-11(6-4-9)18-8-12-14-13(17-15-12)7-10(2)16/h3-6H,7-8H2,1-2H3. The number of hydrogen-bond donors (Lipinski definition) is 0. The van der Waals surface area contributed by atoms with Gasteiger partial charge in [0.15, 0.2) is 5.82 Å². The summed E-state index contributed by atoms with van der Waals surface area (Å²) in [6.07, 6.45) is 0.211. The molecular formula is C13H14N2O2S. The van der Waals surface area contributed by atoms with Crippen LogP contribution in [0.5, 0.6) is 0 Å². The molecule has 18 heavy (non-hydrogen) atoms. The molecule has 0 aliphatic carbocycles. The molecule has 0 aliphatic rings. The van der Waals surface area contributed by atoms with Crippen LogP contribution >= 0.6 is 11.8 Å². The van der Waals surface area contributed by atoms with Crippen molar-refractivity contribution >= 4 is 17.5 Å². The predicted molar refractivity (Wildman–Crippen MR) is 69.4 cm³/mol. The first-order chi connectivity index (χ1) is 8.63. The van der Waals surface area contributed by atoms with E-state index in [0.717, 1.165) is 0 Å². The third-order valence-electron chi connectivity index (χ3n) is 2.30. The molecule has 1 heterocycles. The maximum Gasteiger partial charge on any atom is 0.234 e. The van der Waals surface area contributed by atoms with Gasteiger partial charge in [-0.2, -0.15) is 4.98 Å². The van der Waals surface area contributed by atoms with Crippen LogP contribution in [0.1, 0.15) is 24.2 Å². The van der Waals surface area contributed by atoms with Crippen LogP contribution in [-0.4, -0.2) is 15.9 Å². The van der Waals surface area contributed by atoms with Gasteiger partial charge in [0, 0.05) is 4.90 Å². The zero-order valence-electron chi connectivity index (χ0n) is 10.3. The van der Waals surface area contributed by atoms with E-state index in [2.05, 4.69) is 41.3 Å². The molecule has 2 aromatic rings. The van der Waals surface area contributed by atoms with Gasteiger partial charge in [-0.25, -0.2) is 0 Å². The number of thioether (sulfide) groups is 1. The lowest BCUT2D eigenvalue weighted by Gasteiger charge is -1.98. The summed E-state index contributed by atoms with van der Waals surface area (Å²) in [6, 6.07) is 8.27. The highest BCUT2D eigenvalue weighted by atomic mass is 32.2. The van der Waals surface area contributed by atoms with Gasteiger partial charge in [0.05, 0.1) is 12.2 Å². The third kappa shape index (κ3) is 3.70. The van der Waals surface area contributed by atoms with Crippen molar-refractivity contribution < 1.29 is 9.32 Å². The third-order valence-corrected chi connectivity index (χ3v) is 3.31. The highest BCUT2D eigenvalue weighted by molar-refractivity contribution is 7.98. The topological polar surface area (TPSA) is 56.0 Å². The van der Waals surface area contributed by atoms with Crippen molar-refractivity contribution in [2.75, 3.05) is 0 Å². The van der Waals surface area contributed by atoms with Crippen molar-refractivity contribution in [2.45, 2.75) is 30.9 Å². The van der Waals surface area contributed by atoms with Crippen molar-refractivity contribution in [3.8, 4) is 0 Å². The number of Topliss-reactive ketones (excluding diaryl/α,β-unsaturated/α-hetero) is 1. The number of benzene rings is 1. The van der Waals surface area contributed by atoms with E-state index in [1.807, 2.05) is 0 Å². The Labute approximate surface area is 110 Å². The van der Waals surface area contributed by atoms with Crippen molar-refractivity contribution in [3.63, 3.8) is 0 Å². The summed E-state index contributed by atoms with van der Waals surface area (Å²) in [5, 5.41) is 3.84. The quantitative estimate of drug-likeness (QED) is 0.775. The molecule has 0 amide bonds. The number of aromatic nitrogens is 2. The number of carbonyl (C=O) groups is 1. The normalized spacial score (nSPS) is 10.6. The van der Waals surface area contributed by atoms with E-state index in [9.17, 15) is 4.79 Å². The molecule has 0 saturated heterocycles. The van der Waals surface area contributed by atoms with Crippen LogP contribution in [0, 0.1) is 6.92 Å². The van der Waals surface area contributed by atoms with Crippen LogP contribution in [-0.2, 0) is 17.0 Å². The minimum absolute atomic E-state index is 0.0244. The molecule has 0 fully saturated rings. The van der Waals surface area contributed by atoms with Gasteiger partial charge in [0.1, 0.15) is 5.78 Å². The van der Waals surface area contributed by atoms with Crippen LogP contribution in [0.15, 0.2) is 33.7 Å². The van der Waals surface area contributed by atoms with E-state index in [4.69, 9.17) is 4.52 Å². The molecule has 94 valence electrons. The van der Waals surface area contributed by atoms with Crippen molar-refractivity contribution in [2.24, 2.45) is 0 Å². The molecule has 0 radical (unpaired) electrons. The molecule has 0 spiro atoms. The lowest BCUT2D eigenvalue weighted by Crippen LogP contribution is -1.96. The largest absolute Gasteiger partial charge is 0.339 e. The fraction of sp³-hybridized carbons (Fsp3) is 0.308. The van der Waals surface area contributed by atoms with Gasteiger partial charge in [-0.1, -0.05) is 22.9 Å². The van der Waals surface area contributed by atoms with Gasteiger partial charge >= 0.3 is 0 Å².